The van der Waals surface area contributed by atoms with E-state index < -0.39 is 10.0 Å². The van der Waals surface area contributed by atoms with E-state index in [1.54, 1.807) is 0 Å². The molecule has 0 fully saturated rings. The van der Waals surface area contributed by atoms with Crippen molar-refractivity contribution in [1.82, 2.24) is 9.29 Å². The number of hydrogen-bond donors (Lipinski definition) is 1. The highest BCUT2D eigenvalue weighted by molar-refractivity contribution is 9.10. The molecule has 0 unspecified atom stereocenters. The molecule has 0 saturated carbocycles. The Bertz CT molecular complexity index is 561. The van der Waals surface area contributed by atoms with Gasteiger partial charge in [0.2, 0.25) is 10.0 Å². The second-order valence-corrected chi connectivity index (χ2v) is 7.60. The van der Waals surface area contributed by atoms with E-state index in [4.69, 9.17) is 18.0 Å². The van der Waals surface area contributed by atoms with Gasteiger partial charge < -0.3 is 5.73 Å². The molecule has 0 bridgehead atoms. The maximum Gasteiger partial charge on any atom is 0.244 e. The molecule has 0 radical (unpaired) electrons. The molecule has 0 aliphatic carbocycles. The highest BCUT2D eigenvalue weighted by Crippen LogP contribution is 2.20. The molecule has 0 spiro atoms. The topological polar surface area (TPSA) is 76.3 Å². The summed E-state index contributed by atoms with van der Waals surface area (Å²) in [5.74, 6) is 0. The third kappa shape index (κ3) is 4.48. The molecule has 0 atom stereocenters. The number of thiocarbonyl (C=S) groups is 1. The van der Waals surface area contributed by atoms with Crippen LogP contribution in [-0.2, 0) is 10.0 Å². The number of aromatic nitrogens is 1. The minimum Gasteiger partial charge on any atom is -0.393 e. The highest BCUT2D eigenvalue weighted by atomic mass is 79.9. The van der Waals surface area contributed by atoms with Crippen LogP contribution < -0.4 is 5.73 Å². The third-order valence-electron chi connectivity index (χ3n) is 2.44. The zero-order valence-corrected chi connectivity index (χ0v) is 13.9. The number of nitrogens with two attached hydrogens (primary N) is 1. The van der Waals surface area contributed by atoms with E-state index >= 15 is 0 Å². The van der Waals surface area contributed by atoms with E-state index in [-0.39, 0.29) is 17.5 Å². The van der Waals surface area contributed by atoms with Gasteiger partial charge in [0.25, 0.3) is 0 Å². The molecule has 2 N–H and O–H groups in total. The first-order valence-corrected chi connectivity index (χ1v) is 8.30. The molecule has 0 aliphatic heterocycles. The summed E-state index contributed by atoms with van der Waals surface area (Å²) in [4.78, 5) is 4.33. The summed E-state index contributed by atoms with van der Waals surface area (Å²) in [7, 11) is -3.59. The van der Waals surface area contributed by atoms with Gasteiger partial charge in [-0.3, -0.25) is 4.98 Å². The van der Waals surface area contributed by atoms with Gasteiger partial charge in [-0.05, 0) is 35.8 Å². The lowest BCUT2D eigenvalue weighted by Crippen LogP contribution is -2.38. The van der Waals surface area contributed by atoms with E-state index in [9.17, 15) is 8.42 Å². The number of hydrogen-bond acceptors (Lipinski definition) is 4. The smallest absolute Gasteiger partial charge is 0.244 e. The lowest BCUT2D eigenvalue weighted by Gasteiger charge is -2.25. The molecule has 1 heterocycles. The second-order valence-electron chi connectivity index (χ2n) is 4.26. The Balaban J connectivity index is 3.09. The lowest BCUT2D eigenvalue weighted by molar-refractivity contribution is 0.362. The van der Waals surface area contributed by atoms with Crippen molar-refractivity contribution in [1.29, 1.82) is 0 Å². The average Bonchev–Trinajstić information content (AvgIpc) is 2.27. The molecule has 0 aliphatic rings. The standard InChI is InChI=1S/C11H16BrN3O2S2/c1-8(2)15(4-3-11(13)18)19(16,17)10-5-9(12)6-14-7-10/h5-8H,3-4H2,1-2H3,(H2,13,18). The number of halogens is 1. The minimum atomic E-state index is -3.59. The predicted octanol–water partition coefficient (Wildman–Crippen LogP) is 1.92. The molecule has 8 heteroatoms. The molecular formula is C11H16BrN3O2S2. The first-order chi connectivity index (χ1) is 8.75. The molecule has 1 rings (SSSR count). The molecule has 0 amide bonds. The van der Waals surface area contributed by atoms with Crippen molar-refractivity contribution >= 4 is 43.2 Å². The molecule has 0 saturated heterocycles. The van der Waals surface area contributed by atoms with E-state index in [0.29, 0.717) is 15.9 Å². The fourth-order valence-corrected chi connectivity index (χ4v) is 3.78. The number of rotatable bonds is 6. The van der Waals surface area contributed by atoms with Crippen LogP contribution in [0.5, 0.6) is 0 Å². The number of sulfonamides is 1. The predicted molar refractivity (Wildman–Crippen MR) is 82.4 cm³/mol. The fourth-order valence-electron chi connectivity index (χ4n) is 1.55. The third-order valence-corrected chi connectivity index (χ3v) is 5.12. The minimum absolute atomic E-state index is 0.151. The van der Waals surface area contributed by atoms with Crippen LogP contribution in [0.15, 0.2) is 27.8 Å². The molecule has 1 aromatic rings. The van der Waals surface area contributed by atoms with Crippen molar-refractivity contribution in [3.8, 4) is 0 Å². The number of nitrogens with zero attached hydrogens (tertiary/aromatic N) is 2. The maximum absolute atomic E-state index is 12.5. The van der Waals surface area contributed by atoms with E-state index in [1.807, 2.05) is 13.8 Å². The second kappa shape index (κ2) is 6.74. The Morgan fingerprint density at radius 2 is 2.16 bits per heavy atom. The van der Waals surface area contributed by atoms with Crippen LogP contribution in [0, 0.1) is 0 Å². The van der Waals surface area contributed by atoms with Gasteiger partial charge in [0.1, 0.15) is 4.90 Å². The van der Waals surface area contributed by atoms with Crippen LogP contribution in [0.1, 0.15) is 20.3 Å². The molecule has 5 nitrogen and oxygen atoms in total. The van der Waals surface area contributed by atoms with Crippen LogP contribution >= 0.6 is 28.1 Å². The van der Waals surface area contributed by atoms with Gasteiger partial charge in [-0.15, -0.1) is 0 Å². The van der Waals surface area contributed by atoms with Crippen molar-refractivity contribution in [3.63, 3.8) is 0 Å². The first-order valence-electron chi connectivity index (χ1n) is 5.66. The summed E-state index contributed by atoms with van der Waals surface area (Å²) in [6.07, 6.45) is 3.22. The van der Waals surface area contributed by atoms with Gasteiger partial charge >= 0.3 is 0 Å². The highest BCUT2D eigenvalue weighted by Gasteiger charge is 2.27. The van der Waals surface area contributed by atoms with Crippen molar-refractivity contribution < 1.29 is 8.42 Å². The van der Waals surface area contributed by atoms with Gasteiger partial charge in [-0.2, -0.15) is 4.31 Å². The summed E-state index contributed by atoms with van der Waals surface area (Å²) < 4.78 is 27.0. The average molecular weight is 366 g/mol. The number of pyridine rings is 1. The van der Waals surface area contributed by atoms with Gasteiger partial charge in [0, 0.05) is 35.9 Å². The Hall–Kier alpha value is -0.570. The van der Waals surface area contributed by atoms with E-state index in [1.165, 1.54) is 22.8 Å². The van der Waals surface area contributed by atoms with Crippen molar-refractivity contribution in [3.05, 3.63) is 22.9 Å². The van der Waals surface area contributed by atoms with Crippen molar-refractivity contribution in [2.45, 2.75) is 31.2 Å². The Morgan fingerprint density at radius 1 is 1.53 bits per heavy atom. The molecule has 19 heavy (non-hydrogen) atoms. The summed E-state index contributed by atoms with van der Waals surface area (Å²) in [5.41, 5.74) is 5.44. The maximum atomic E-state index is 12.5. The molecular weight excluding hydrogens is 350 g/mol. The zero-order valence-electron chi connectivity index (χ0n) is 10.7. The summed E-state index contributed by atoms with van der Waals surface area (Å²) in [5, 5.41) is 0. The molecule has 1 aromatic heterocycles. The normalized spacial score (nSPS) is 12.1. The quantitative estimate of drug-likeness (QED) is 0.779. The van der Waals surface area contributed by atoms with Gasteiger partial charge in [0.05, 0.1) is 4.99 Å². The van der Waals surface area contributed by atoms with Crippen LogP contribution in [0.4, 0.5) is 0 Å². The summed E-state index contributed by atoms with van der Waals surface area (Å²) in [6, 6.07) is 1.34. The van der Waals surface area contributed by atoms with E-state index in [2.05, 4.69) is 20.9 Å². The fraction of sp³-hybridized carbons (Fsp3) is 0.455. The van der Waals surface area contributed by atoms with Gasteiger partial charge in [-0.1, -0.05) is 12.2 Å². The SMILES string of the molecule is CC(C)N(CCC(N)=S)S(=O)(=O)c1cncc(Br)c1. The zero-order chi connectivity index (χ0) is 14.6. The molecule has 0 aromatic carbocycles. The first kappa shape index (κ1) is 16.5. The monoisotopic (exact) mass is 365 g/mol. The van der Waals surface area contributed by atoms with Crippen molar-refractivity contribution in [2.24, 2.45) is 5.73 Å². The van der Waals surface area contributed by atoms with Gasteiger partial charge in [-0.25, -0.2) is 8.42 Å². The Kier molecular flexibility index (Phi) is 5.84. The lowest BCUT2D eigenvalue weighted by atomic mass is 10.3. The van der Waals surface area contributed by atoms with Crippen LogP contribution in [-0.4, -0.2) is 35.3 Å². The molecule has 106 valence electrons. The summed E-state index contributed by atoms with van der Waals surface area (Å²) in [6.45, 7) is 3.88. The Morgan fingerprint density at radius 3 is 2.63 bits per heavy atom. The largest absolute Gasteiger partial charge is 0.393 e. The van der Waals surface area contributed by atoms with Crippen LogP contribution in [0.3, 0.4) is 0 Å². The van der Waals surface area contributed by atoms with Gasteiger partial charge in [0.15, 0.2) is 0 Å². The van der Waals surface area contributed by atoms with Crippen LogP contribution in [0.2, 0.25) is 0 Å². The van der Waals surface area contributed by atoms with Crippen LogP contribution in [0.25, 0.3) is 0 Å². The van der Waals surface area contributed by atoms with E-state index in [0.717, 1.165) is 0 Å². The summed E-state index contributed by atoms with van der Waals surface area (Å²) >= 11 is 8.01. The van der Waals surface area contributed by atoms with Crippen molar-refractivity contribution in [2.75, 3.05) is 6.54 Å². The Labute approximate surface area is 127 Å².